The van der Waals surface area contributed by atoms with Crippen molar-refractivity contribution in [2.24, 2.45) is 0 Å². The number of aromatic carboxylic acids is 1. The van der Waals surface area contributed by atoms with Crippen LogP contribution in [-0.4, -0.2) is 27.8 Å². The third-order valence-corrected chi connectivity index (χ3v) is 3.28. The Balaban J connectivity index is 2.04. The Labute approximate surface area is 110 Å². The lowest BCUT2D eigenvalue weighted by Gasteiger charge is -2.29. The van der Waals surface area contributed by atoms with E-state index in [-0.39, 0.29) is 5.56 Å². The fraction of sp³-hybridized carbons (Fsp3) is 0.214. The first kappa shape index (κ1) is 11.6. The minimum atomic E-state index is -0.985. The number of fused-ring (bicyclic) bond motifs is 1. The molecule has 2 aromatic rings. The first-order chi connectivity index (χ1) is 9.25. The van der Waals surface area contributed by atoms with E-state index in [1.54, 1.807) is 6.07 Å². The summed E-state index contributed by atoms with van der Waals surface area (Å²) in [6, 6.07) is 9.68. The zero-order valence-electron chi connectivity index (χ0n) is 10.3. The Kier molecular flexibility index (Phi) is 2.87. The van der Waals surface area contributed by atoms with E-state index >= 15 is 0 Å². The average molecular weight is 255 g/mol. The minimum Gasteiger partial charge on any atom is -0.478 e. The molecule has 0 saturated heterocycles. The lowest BCUT2D eigenvalue weighted by Crippen LogP contribution is -2.25. The number of hydrogen-bond donors (Lipinski definition) is 1. The number of aryl methyl sites for hydroxylation is 1. The average Bonchev–Trinajstić information content (AvgIpc) is 2.47. The lowest BCUT2D eigenvalue weighted by atomic mass is 10.0. The number of benzene rings is 1. The second-order valence-electron chi connectivity index (χ2n) is 4.49. The number of carboxylic acids is 1. The summed E-state index contributed by atoms with van der Waals surface area (Å²) in [5, 5.41) is 16.9. The second-order valence-corrected chi connectivity index (χ2v) is 4.49. The molecule has 5 nitrogen and oxygen atoms in total. The Bertz CT molecular complexity index is 628. The van der Waals surface area contributed by atoms with Crippen molar-refractivity contribution in [3.05, 3.63) is 47.7 Å². The van der Waals surface area contributed by atoms with Crippen LogP contribution in [0.2, 0.25) is 0 Å². The van der Waals surface area contributed by atoms with E-state index in [0.717, 1.165) is 25.1 Å². The summed E-state index contributed by atoms with van der Waals surface area (Å²) in [4.78, 5) is 13.0. The van der Waals surface area contributed by atoms with Crippen LogP contribution in [0.25, 0.3) is 0 Å². The summed E-state index contributed by atoms with van der Waals surface area (Å²) < 4.78 is 0. The van der Waals surface area contributed by atoms with Gasteiger partial charge in [-0.1, -0.05) is 18.2 Å². The standard InChI is InChI=1S/C14H13N3O2/c18-14(19)11-8-13(16-15-9-11)17-7-3-5-10-4-1-2-6-12(10)17/h1-2,4,6,8-9H,3,5,7H2,(H,18,19). The molecule has 0 unspecified atom stereocenters. The highest BCUT2D eigenvalue weighted by atomic mass is 16.4. The van der Waals surface area contributed by atoms with Crippen LogP contribution in [0.5, 0.6) is 0 Å². The van der Waals surface area contributed by atoms with E-state index in [1.165, 1.54) is 11.8 Å². The van der Waals surface area contributed by atoms with Crippen molar-refractivity contribution < 1.29 is 9.90 Å². The zero-order chi connectivity index (χ0) is 13.2. The van der Waals surface area contributed by atoms with Crippen molar-refractivity contribution in [2.75, 3.05) is 11.4 Å². The molecule has 0 spiro atoms. The highest BCUT2D eigenvalue weighted by Crippen LogP contribution is 2.31. The summed E-state index contributed by atoms with van der Waals surface area (Å²) in [5.74, 6) is -0.395. The summed E-state index contributed by atoms with van der Waals surface area (Å²) in [6.07, 6.45) is 3.33. The van der Waals surface area contributed by atoms with Crippen molar-refractivity contribution in [1.82, 2.24) is 10.2 Å². The van der Waals surface area contributed by atoms with Crippen molar-refractivity contribution in [3.8, 4) is 0 Å². The van der Waals surface area contributed by atoms with E-state index in [9.17, 15) is 4.79 Å². The number of aromatic nitrogens is 2. The van der Waals surface area contributed by atoms with Gasteiger partial charge in [0.2, 0.25) is 0 Å². The largest absolute Gasteiger partial charge is 0.478 e. The first-order valence-electron chi connectivity index (χ1n) is 6.17. The van der Waals surface area contributed by atoms with E-state index in [2.05, 4.69) is 16.3 Å². The normalized spacial score (nSPS) is 14.0. The molecule has 1 aromatic carbocycles. The third kappa shape index (κ3) is 2.14. The molecule has 1 aromatic heterocycles. The fourth-order valence-electron chi connectivity index (χ4n) is 2.38. The predicted molar refractivity (Wildman–Crippen MR) is 70.8 cm³/mol. The van der Waals surface area contributed by atoms with Crippen molar-refractivity contribution in [1.29, 1.82) is 0 Å². The molecule has 0 amide bonds. The molecule has 96 valence electrons. The van der Waals surface area contributed by atoms with Crippen LogP contribution >= 0.6 is 0 Å². The van der Waals surface area contributed by atoms with E-state index < -0.39 is 5.97 Å². The number of para-hydroxylation sites is 1. The summed E-state index contributed by atoms with van der Waals surface area (Å²) in [6.45, 7) is 0.828. The van der Waals surface area contributed by atoms with Gasteiger partial charge in [0.25, 0.3) is 0 Å². The molecule has 0 radical (unpaired) electrons. The monoisotopic (exact) mass is 255 g/mol. The number of rotatable bonds is 2. The smallest absolute Gasteiger partial charge is 0.337 e. The van der Waals surface area contributed by atoms with Gasteiger partial charge >= 0.3 is 5.97 Å². The van der Waals surface area contributed by atoms with Gasteiger partial charge in [-0.25, -0.2) is 4.79 Å². The lowest BCUT2D eigenvalue weighted by molar-refractivity contribution is 0.0696. The molecule has 5 heteroatoms. The summed E-state index contributed by atoms with van der Waals surface area (Å²) in [7, 11) is 0. The molecular formula is C14H13N3O2. The van der Waals surface area contributed by atoms with Crippen molar-refractivity contribution in [3.63, 3.8) is 0 Å². The van der Waals surface area contributed by atoms with Crippen LogP contribution in [0, 0.1) is 0 Å². The highest BCUT2D eigenvalue weighted by molar-refractivity contribution is 5.88. The molecule has 1 aliphatic rings. The van der Waals surface area contributed by atoms with Crippen LogP contribution in [-0.2, 0) is 6.42 Å². The van der Waals surface area contributed by atoms with Gasteiger partial charge in [-0.3, -0.25) is 0 Å². The molecule has 3 rings (SSSR count). The molecule has 0 atom stereocenters. The third-order valence-electron chi connectivity index (χ3n) is 3.28. The number of carboxylic acid groups (broad SMARTS) is 1. The number of carbonyl (C=O) groups is 1. The van der Waals surface area contributed by atoms with Gasteiger partial charge in [0.1, 0.15) is 0 Å². The molecule has 0 aliphatic carbocycles. The first-order valence-corrected chi connectivity index (χ1v) is 6.17. The number of nitrogens with zero attached hydrogens (tertiary/aromatic N) is 3. The summed E-state index contributed by atoms with van der Waals surface area (Å²) >= 11 is 0. The Morgan fingerprint density at radius 1 is 1.32 bits per heavy atom. The van der Waals surface area contributed by atoms with E-state index in [4.69, 9.17) is 5.11 Å². The zero-order valence-corrected chi connectivity index (χ0v) is 10.3. The molecule has 0 fully saturated rings. The maximum Gasteiger partial charge on any atom is 0.337 e. The molecule has 1 N–H and O–H groups in total. The van der Waals surface area contributed by atoms with Crippen LogP contribution in [0.3, 0.4) is 0 Å². The van der Waals surface area contributed by atoms with Crippen LogP contribution in [0.15, 0.2) is 36.5 Å². The van der Waals surface area contributed by atoms with Crippen LogP contribution < -0.4 is 4.90 Å². The minimum absolute atomic E-state index is 0.160. The SMILES string of the molecule is O=C(O)c1cnnc(N2CCCc3ccccc32)c1. The van der Waals surface area contributed by atoms with Gasteiger partial charge < -0.3 is 10.0 Å². The Morgan fingerprint density at radius 3 is 3.00 bits per heavy atom. The maximum absolute atomic E-state index is 11.0. The van der Waals surface area contributed by atoms with Gasteiger partial charge in [0, 0.05) is 12.2 Å². The Morgan fingerprint density at radius 2 is 2.16 bits per heavy atom. The quantitative estimate of drug-likeness (QED) is 0.891. The van der Waals surface area contributed by atoms with Gasteiger partial charge in [0.15, 0.2) is 5.82 Å². The van der Waals surface area contributed by atoms with Crippen molar-refractivity contribution >= 4 is 17.5 Å². The number of anilines is 2. The summed E-state index contributed by atoms with van der Waals surface area (Å²) in [5.41, 5.74) is 2.51. The van der Waals surface area contributed by atoms with Gasteiger partial charge in [-0.05, 0) is 30.5 Å². The predicted octanol–water partition coefficient (Wildman–Crippen LogP) is 2.26. The highest BCUT2D eigenvalue weighted by Gasteiger charge is 2.19. The molecular weight excluding hydrogens is 242 g/mol. The number of hydrogen-bond acceptors (Lipinski definition) is 4. The fourth-order valence-corrected chi connectivity index (χ4v) is 2.38. The van der Waals surface area contributed by atoms with E-state index in [1.807, 2.05) is 23.1 Å². The van der Waals surface area contributed by atoms with Crippen LogP contribution in [0.4, 0.5) is 11.5 Å². The molecule has 1 aliphatic heterocycles. The second kappa shape index (κ2) is 4.68. The van der Waals surface area contributed by atoms with Gasteiger partial charge in [-0.15, -0.1) is 5.10 Å². The topological polar surface area (TPSA) is 66.3 Å². The molecule has 19 heavy (non-hydrogen) atoms. The van der Waals surface area contributed by atoms with Gasteiger partial charge in [-0.2, -0.15) is 5.10 Å². The molecule has 2 heterocycles. The van der Waals surface area contributed by atoms with E-state index in [0.29, 0.717) is 5.82 Å². The van der Waals surface area contributed by atoms with Gasteiger partial charge in [0.05, 0.1) is 11.8 Å². The molecule has 0 saturated carbocycles. The van der Waals surface area contributed by atoms with Crippen LogP contribution in [0.1, 0.15) is 22.3 Å². The maximum atomic E-state index is 11.0. The Hall–Kier alpha value is -2.43. The molecule has 0 bridgehead atoms. The van der Waals surface area contributed by atoms with Crippen molar-refractivity contribution in [2.45, 2.75) is 12.8 Å².